The molecule has 0 bridgehead atoms. The van der Waals surface area contributed by atoms with Crippen LogP contribution < -0.4 is 9.46 Å². The van der Waals surface area contributed by atoms with E-state index in [1.165, 1.54) is 0 Å². The van der Waals surface area contributed by atoms with Crippen LogP contribution in [0, 0.1) is 0 Å². The van der Waals surface area contributed by atoms with Gasteiger partial charge in [0, 0.05) is 39.8 Å². The highest BCUT2D eigenvalue weighted by Gasteiger charge is 2.27. The SMILES string of the molecule is COc1c(C(C)(C)C)cc(C2=CC=CCC2=O)c2nnc(-c3ccc(NS(C)(=O)=O)cc3)cc12. The normalized spacial score (nSPS) is 14.3. The molecule has 7 nitrogen and oxygen atoms in total. The number of ether oxygens (including phenoxy) is 1. The number of carbonyl (C=O) groups is 1. The summed E-state index contributed by atoms with van der Waals surface area (Å²) in [7, 11) is -1.74. The number of sulfonamides is 1. The summed E-state index contributed by atoms with van der Waals surface area (Å²) in [5.74, 6) is 0.728. The van der Waals surface area contributed by atoms with Gasteiger partial charge in [0.25, 0.3) is 0 Å². The lowest BCUT2D eigenvalue weighted by Gasteiger charge is -2.25. The first-order valence-corrected chi connectivity index (χ1v) is 12.7. The molecule has 1 heterocycles. The lowest BCUT2D eigenvalue weighted by Crippen LogP contribution is -2.15. The number of Topliss-reactive ketones (excluding diaryl/α,β-unsaturated/α-hetero) is 1. The number of anilines is 1. The zero-order valence-corrected chi connectivity index (χ0v) is 20.7. The van der Waals surface area contributed by atoms with Crippen LogP contribution >= 0.6 is 0 Å². The Morgan fingerprint density at radius 1 is 1.06 bits per heavy atom. The number of methoxy groups -OCH3 is 1. The van der Waals surface area contributed by atoms with Crippen molar-refractivity contribution in [2.24, 2.45) is 0 Å². The Morgan fingerprint density at radius 3 is 2.35 bits per heavy atom. The van der Waals surface area contributed by atoms with E-state index in [4.69, 9.17) is 4.74 Å². The fourth-order valence-electron chi connectivity index (χ4n) is 4.02. The number of benzene rings is 2. The molecule has 0 fully saturated rings. The minimum atomic E-state index is -3.36. The first-order valence-electron chi connectivity index (χ1n) is 10.9. The molecule has 0 atom stereocenters. The fraction of sp³-hybridized carbons (Fsp3) is 0.269. The van der Waals surface area contributed by atoms with Crippen molar-refractivity contribution in [1.82, 2.24) is 10.2 Å². The second kappa shape index (κ2) is 8.68. The van der Waals surface area contributed by atoms with Crippen molar-refractivity contribution in [2.75, 3.05) is 18.1 Å². The summed E-state index contributed by atoms with van der Waals surface area (Å²) in [4.78, 5) is 12.7. The lowest BCUT2D eigenvalue weighted by atomic mass is 9.82. The van der Waals surface area contributed by atoms with Crippen LogP contribution in [-0.4, -0.2) is 37.8 Å². The number of ketones is 1. The van der Waals surface area contributed by atoms with Crippen molar-refractivity contribution in [3.8, 4) is 17.0 Å². The van der Waals surface area contributed by atoms with Gasteiger partial charge >= 0.3 is 0 Å². The molecule has 1 aromatic heterocycles. The maximum Gasteiger partial charge on any atom is 0.229 e. The van der Waals surface area contributed by atoms with Gasteiger partial charge in [-0.3, -0.25) is 9.52 Å². The summed E-state index contributed by atoms with van der Waals surface area (Å²) in [5, 5.41) is 9.71. The average molecular weight is 478 g/mol. The third kappa shape index (κ3) is 4.72. The highest BCUT2D eigenvalue weighted by atomic mass is 32.2. The van der Waals surface area contributed by atoms with E-state index in [1.54, 1.807) is 31.4 Å². The van der Waals surface area contributed by atoms with Crippen LogP contribution in [0.4, 0.5) is 5.69 Å². The number of hydrogen-bond acceptors (Lipinski definition) is 6. The van der Waals surface area contributed by atoms with Gasteiger partial charge in [0.15, 0.2) is 5.78 Å². The number of nitrogens with one attached hydrogen (secondary N) is 1. The number of hydrogen-bond donors (Lipinski definition) is 1. The fourth-order valence-corrected chi connectivity index (χ4v) is 4.58. The van der Waals surface area contributed by atoms with E-state index in [0.717, 1.165) is 28.3 Å². The Kier molecular flexibility index (Phi) is 6.03. The molecule has 0 saturated carbocycles. The molecule has 0 amide bonds. The van der Waals surface area contributed by atoms with Crippen molar-refractivity contribution >= 4 is 38.0 Å². The Morgan fingerprint density at radius 2 is 1.76 bits per heavy atom. The molecule has 4 rings (SSSR count). The van der Waals surface area contributed by atoms with Crippen molar-refractivity contribution in [1.29, 1.82) is 0 Å². The van der Waals surface area contributed by atoms with E-state index in [2.05, 4.69) is 35.7 Å². The molecule has 34 heavy (non-hydrogen) atoms. The quantitative estimate of drug-likeness (QED) is 0.562. The molecule has 0 spiro atoms. The van der Waals surface area contributed by atoms with Crippen LogP contribution in [-0.2, 0) is 20.2 Å². The molecule has 2 aromatic carbocycles. The summed E-state index contributed by atoms with van der Waals surface area (Å²) in [5.41, 5.74) is 4.51. The summed E-state index contributed by atoms with van der Waals surface area (Å²) in [6, 6.07) is 10.8. The van der Waals surface area contributed by atoms with E-state index in [0.29, 0.717) is 34.6 Å². The monoisotopic (exact) mass is 477 g/mol. The second-order valence-corrected chi connectivity index (χ2v) is 11.1. The van der Waals surface area contributed by atoms with Crippen LogP contribution in [0.3, 0.4) is 0 Å². The molecule has 1 N–H and O–H groups in total. The van der Waals surface area contributed by atoms with E-state index in [-0.39, 0.29) is 11.2 Å². The molecule has 1 aliphatic carbocycles. The lowest BCUT2D eigenvalue weighted by molar-refractivity contribution is -0.113. The van der Waals surface area contributed by atoms with Gasteiger partial charge in [0.2, 0.25) is 10.0 Å². The minimum Gasteiger partial charge on any atom is -0.496 e. The minimum absolute atomic E-state index is 0.0358. The number of nitrogens with zero attached hydrogens (tertiary/aromatic N) is 2. The summed E-state index contributed by atoms with van der Waals surface area (Å²) < 4.78 is 31.3. The van der Waals surface area contributed by atoms with Crippen LogP contribution in [0.5, 0.6) is 5.75 Å². The molecule has 0 radical (unpaired) electrons. The Labute approximate surface area is 199 Å². The molecule has 0 unspecified atom stereocenters. The molecular weight excluding hydrogens is 450 g/mol. The predicted molar refractivity (Wildman–Crippen MR) is 135 cm³/mol. The molecule has 8 heteroatoms. The van der Waals surface area contributed by atoms with Gasteiger partial charge in [-0.25, -0.2) is 8.42 Å². The maximum atomic E-state index is 12.7. The molecule has 0 saturated heterocycles. The first kappa shape index (κ1) is 23.6. The van der Waals surface area contributed by atoms with E-state index < -0.39 is 10.0 Å². The molecular formula is C26H27N3O4S. The van der Waals surface area contributed by atoms with Gasteiger partial charge in [-0.2, -0.15) is 0 Å². The van der Waals surface area contributed by atoms with E-state index >= 15 is 0 Å². The van der Waals surface area contributed by atoms with Crippen LogP contribution in [0.2, 0.25) is 0 Å². The molecule has 1 aliphatic rings. The van der Waals surface area contributed by atoms with Crippen molar-refractivity contribution in [3.63, 3.8) is 0 Å². The molecule has 0 aliphatic heterocycles. The average Bonchev–Trinajstić information content (AvgIpc) is 2.77. The summed E-state index contributed by atoms with van der Waals surface area (Å²) >= 11 is 0. The first-order chi connectivity index (χ1) is 16.0. The van der Waals surface area contributed by atoms with Gasteiger partial charge in [-0.15, -0.1) is 10.2 Å². The zero-order chi connectivity index (χ0) is 24.7. The van der Waals surface area contributed by atoms with Crippen molar-refractivity contribution < 1.29 is 17.9 Å². The largest absolute Gasteiger partial charge is 0.496 e. The predicted octanol–water partition coefficient (Wildman–Crippen LogP) is 4.89. The zero-order valence-electron chi connectivity index (χ0n) is 19.8. The Hall–Kier alpha value is -3.52. The van der Waals surface area contributed by atoms with Crippen LogP contribution in [0.1, 0.15) is 38.3 Å². The third-order valence-electron chi connectivity index (χ3n) is 5.62. The van der Waals surface area contributed by atoms with E-state index in [1.807, 2.05) is 30.4 Å². The topological polar surface area (TPSA) is 98.2 Å². The molecule has 176 valence electrons. The summed E-state index contributed by atoms with van der Waals surface area (Å²) in [6.07, 6.45) is 7.01. The number of fused-ring (bicyclic) bond motifs is 1. The standard InChI is InChI=1S/C26H27N3O4S/c1-26(2,3)21-14-19(18-8-6-7-9-23(18)30)24-20(25(21)33-4)15-22(27-28-24)16-10-12-17(13-11-16)29-34(5,31)32/h6-8,10-15,29H,9H2,1-5H3. The summed E-state index contributed by atoms with van der Waals surface area (Å²) in [6.45, 7) is 6.29. The number of allylic oxidation sites excluding steroid dienone is 4. The van der Waals surface area contributed by atoms with Gasteiger partial charge in [0.05, 0.1) is 19.1 Å². The van der Waals surface area contributed by atoms with Gasteiger partial charge in [-0.05, 0) is 29.7 Å². The van der Waals surface area contributed by atoms with Crippen molar-refractivity contribution in [2.45, 2.75) is 32.6 Å². The van der Waals surface area contributed by atoms with Gasteiger partial charge in [-0.1, -0.05) is 51.1 Å². The second-order valence-electron chi connectivity index (χ2n) is 9.33. The third-order valence-corrected chi connectivity index (χ3v) is 6.22. The number of rotatable bonds is 5. The van der Waals surface area contributed by atoms with Crippen LogP contribution in [0.15, 0.2) is 54.6 Å². The molecule has 3 aromatic rings. The highest BCUT2D eigenvalue weighted by molar-refractivity contribution is 7.92. The van der Waals surface area contributed by atoms with E-state index in [9.17, 15) is 13.2 Å². The Bertz CT molecular complexity index is 1450. The number of aromatic nitrogens is 2. The van der Waals surface area contributed by atoms with Gasteiger partial charge in [0.1, 0.15) is 11.3 Å². The van der Waals surface area contributed by atoms with Crippen LogP contribution in [0.25, 0.3) is 27.7 Å². The number of carbonyl (C=O) groups excluding carboxylic acids is 1. The van der Waals surface area contributed by atoms with Crippen molar-refractivity contribution in [3.05, 3.63) is 65.8 Å². The highest BCUT2D eigenvalue weighted by Crippen LogP contribution is 2.41. The van der Waals surface area contributed by atoms with Gasteiger partial charge < -0.3 is 4.74 Å². The Balaban J connectivity index is 1.93. The maximum absolute atomic E-state index is 12.7. The smallest absolute Gasteiger partial charge is 0.229 e.